The number of carbonyl (C=O) groups excluding carboxylic acids is 1. The molecule has 0 aliphatic carbocycles. The largest absolute Gasteiger partial charge is 0.478 e. The van der Waals surface area contributed by atoms with Crippen LogP contribution in [-0.2, 0) is 11.3 Å². The highest BCUT2D eigenvalue weighted by Gasteiger charge is 2.38. The second kappa shape index (κ2) is 9.63. The Morgan fingerprint density at radius 2 is 1.89 bits per heavy atom. The predicted molar refractivity (Wildman–Crippen MR) is 124 cm³/mol. The Balaban J connectivity index is 1.59. The molecular weight excluding hydrogens is 456 g/mol. The number of carboxylic acids is 1. The summed E-state index contributed by atoms with van der Waals surface area (Å²) < 4.78 is 2.66. The zero-order valence-corrected chi connectivity index (χ0v) is 18.7. The minimum Gasteiger partial charge on any atom is -0.478 e. The molecule has 1 unspecified atom stereocenters. The van der Waals surface area contributed by atoms with Crippen LogP contribution in [0.15, 0.2) is 77.0 Å². The zero-order valence-electron chi connectivity index (χ0n) is 18.7. The first-order valence-electron chi connectivity index (χ1n) is 10.7. The number of non-ortho nitro benzene ring substituents is 1. The molecule has 2 heterocycles. The Morgan fingerprint density at radius 3 is 2.57 bits per heavy atom. The Hall–Kier alpha value is -4.74. The predicted octanol–water partition coefficient (Wildman–Crippen LogP) is 2.46. The van der Waals surface area contributed by atoms with Gasteiger partial charge in [-0.25, -0.2) is 14.4 Å². The van der Waals surface area contributed by atoms with Crippen molar-refractivity contribution in [1.82, 2.24) is 24.6 Å². The average Bonchev–Trinajstić information content (AvgIpc) is 3.20. The maximum atomic E-state index is 12.8. The van der Waals surface area contributed by atoms with Gasteiger partial charge < -0.3 is 15.3 Å². The molecule has 0 bridgehead atoms. The van der Waals surface area contributed by atoms with Crippen LogP contribution in [0.5, 0.6) is 0 Å². The van der Waals surface area contributed by atoms with E-state index in [1.165, 1.54) is 45.6 Å². The van der Waals surface area contributed by atoms with Crippen LogP contribution in [0.4, 0.5) is 10.5 Å². The van der Waals surface area contributed by atoms with E-state index in [-0.39, 0.29) is 35.7 Å². The van der Waals surface area contributed by atoms with Gasteiger partial charge in [-0.05, 0) is 31.0 Å². The van der Waals surface area contributed by atoms with E-state index in [1.807, 2.05) is 6.07 Å². The van der Waals surface area contributed by atoms with Crippen molar-refractivity contribution in [1.29, 1.82) is 0 Å². The van der Waals surface area contributed by atoms with E-state index in [1.54, 1.807) is 30.3 Å². The van der Waals surface area contributed by atoms with Gasteiger partial charge in [0.25, 0.3) is 5.69 Å². The smallest absolute Gasteiger partial charge is 0.350 e. The summed E-state index contributed by atoms with van der Waals surface area (Å²) in [4.78, 5) is 49.6. The van der Waals surface area contributed by atoms with Crippen LogP contribution in [0.25, 0.3) is 5.69 Å². The van der Waals surface area contributed by atoms with E-state index in [4.69, 9.17) is 0 Å². The number of rotatable bonds is 8. The molecular formula is C23H22N6O6. The lowest BCUT2D eigenvalue weighted by Gasteiger charge is -2.37. The summed E-state index contributed by atoms with van der Waals surface area (Å²) in [5.41, 5.74) is 0.436. The number of urea groups is 1. The first-order chi connectivity index (χ1) is 16.8. The van der Waals surface area contributed by atoms with E-state index in [0.29, 0.717) is 17.7 Å². The maximum Gasteiger partial charge on any atom is 0.350 e. The number of aliphatic carboxylic acids is 1. The third-order valence-corrected chi connectivity index (χ3v) is 5.70. The Morgan fingerprint density at radius 1 is 1.14 bits per heavy atom. The quantitative estimate of drug-likeness (QED) is 0.372. The molecule has 1 atom stereocenters. The molecule has 180 valence electrons. The van der Waals surface area contributed by atoms with Gasteiger partial charge in [0.1, 0.15) is 6.33 Å². The lowest BCUT2D eigenvalue weighted by Crippen LogP contribution is -2.49. The molecule has 12 nitrogen and oxygen atoms in total. The van der Waals surface area contributed by atoms with Gasteiger partial charge >= 0.3 is 17.7 Å². The number of hydrogen-bond acceptors (Lipinski definition) is 6. The summed E-state index contributed by atoms with van der Waals surface area (Å²) in [7, 11) is 0. The summed E-state index contributed by atoms with van der Waals surface area (Å²) in [6.45, 7) is 1.79. The van der Waals surface area contributed by atoms with Crippen molar-refractivity contribution in [3.63, 3.8) is 0 Å². The Labute approximate surface area is 198 Å². The highest BCUT2D eigenvalue weighted by Crippen LogP contribution is 2.35. The first-order valence-corrected chi connectivity index (χ1v) is 10.7. The van der Waals surface area contributed by atoms with Crippen molar-refractivity contribution in [3.8, 4) is 5.69 Å². The number of carboxylic acid groups (broad SMARTS) is 1. The number of nitro benzene ring substituents is 1. The normalized spacial score (nSPS) is 15.7. The molecule has 12 heteroatoms. The van der Waals surface area contributed by atoms with E-state index in [2.05, 4.69) is 10.4 Å². The summed E-state index contributed by atoms with van der Waals surface area (Å²) >= 11 is 0. The van der Waals surface area contributed by atoms with Crippen LogP contribution < -0.4 is 11.0 Å². The molecule has 0 saturated heterocycles. The highest BCUT2D eigenvalue weighted by atomic mass is 16.6. The number of para-hydroxylation sites is 1. The first kappa shape index (κ1) is 23.4. The number of hydrogen-bond donors (Lipinski definition) is 2. The van der Waals surface area contributed by atoms with Crippen LogP contribution in [0.3, 0.4) is 0 Å². The van der Waals surface area contributed by atoms with Crippen molar-refractivity contribution in [2.24, 2.45) is 0 Å². The van der Waals surface area contributed by atoms with E-state index >= 15 is 0 Å². The molecule has 2 N–H and O–H groups in total. The number of aromatic nitrogens is 3. The van der Waals surface area contributed by atoms with Crippen molar-refractivity contribution >= 4 is 17.7 Å². The molecule has 2 amide bonds. The molecule has 3 aromatic rings. The Bertz CT molecular complexity index is 1380. The number of aryl methyl sites for hydroxylation is 1. The molecule has 1 aromatic heterocycles. The van der Waals surface area contributed by atoms with Crippen molar-refractivity contribution in [2.45, 2.75) is 25.9 Å². The van der Waals surface area contributed by atoms with Gasteiger partial charge in [0.15, 0.2) is 0 Å². The number of amides is 2. The fraction of sp³-hybridized carbons (Fsp3) is 0.217. The van der Waals surface area contributed by atoms with Gasteiger partial charge in [-0.15, -0.1) is 0 Å². The minimum atomic E-state index is -1.25. The lowest BCUT2D eigenvalue weighted by atomic mass is 9.93. The monoisotopic (exact) mass is 478 g/mol. The Kier molecular flexibility index (Phi) is 6.44. The van der Waals surface area contributed by atoms with Crippen LogP contribution in [-0.4, -0.2) is 47.8 Å². The number of nitro groups is 1. The zero-order chi connectivity index (χ0) is 25.1. The average molecular weight is 478 g/mol. The maximum absolute atomic E-state index is 12.8. The van der Waals surface area contributed by atoms with Gasteiger partial charge in [-0.3, -0.25) is 14.7 Å². The fourth-order valence-corrected chi connectivity index (χ4v) is 4.09. The van der Waals surface area contributed by atoms with Crippen molar-refractivity contribution in [2.75, 3.05) is 6.54 Å². The highest BCUT2D eigenvalue weighted by molar-refractivity contribution is 5.93. The molecule has 0 saturated carbocycles. The van der Waals surface area contributed by atoms with Gasteiger partial charge in [0, 0.05) is 30.9 Å². The molecule has 1 aliphatic rings. The number of nitrogens with one attached hydrogen (secondary N) is 1. The molecule has 0 fully saturated rings. The SMILES string of the molecule is CC1=C(C(=O)O)C(c2cccc([N+](=O)[O-])c2)N(CCCn2cnn(-c3ccccc3)c2=O)C(=O)N1. The standard InChI is InChI=1S/C23H22N6O6/c1-15-19(21(30)31)20(16-7-5-10-18(13-16)29(34)35)27(22(32)25-15)12-6-11-26-14-24-28(23(26)33)17-8-3-2-4-9-17/h2-5,7-10,13-14,20H,6,11-12H2,1H3,(H,25,32)(H,30,31). The van der Waals surface area contributed by atoms with E-state index < -0.39 is 23.0 Å². The third kappa shape index (κ3) is 4.67. The summed E-state index contributed by atoms with van der Waals surface area (Å²) in [6.07, 6.45) is 1.71. The van der Waals surface area contributed by atoms with Gasteiger partial charge in [-0.1, -0.05) is 30.3 Å². The third-order valence-electron chi connectivity index (χ3n) is 5.70. The second-order valence-electron chi connectivity index (χ2n) is 7.93. The summed E-state index contributed by atoms with van der Waals surface area (Å²) in [5, 5.41) is 27.8. The van der Waals surface area contributed by atoms with Crippen molar-refractivity contribution < 1.29 is 19.6 Å². The fourth-order valence-electron chi connectivity index (χ4n) is 4.09. The molecule has 0 spiro atoms. The van der Waals surface area contributed by atoms with Crippen LogP contribution >= 0.6 is 0 Å². The van der Waals surface area contributed by atoms with Gasteiger partial charge in [-0.2, -0.15) is 9.78 Å². The summed E-state index contributed by atoms with van der Waals surface area (Å²) in [5.74, 6) is -1.25. The van der Waals surface area contributed by atoms with E-state index in [0.717, 1.165) is 0 Å². The van der Waals surface area contributed by atoms with Crippen molar-refractivity contribution in [3.05, 3.63) is 98.4 Å². The molecule has 4 rings (SSSR count). The molecule has 1 aliphatic heterocycles. The topological polar surface area (TPSA) is 153 Å². The summed E-state index contributed by atoms with van der Waals surface area (Å²) in [6, 6.07) is 12.9. The number of carbonyl (C=O) groups is 2. The molecule has 2 aromatic carbocycles. The van der Waals surface area contributed by atoms with Crippen LogP contribution in [0.1, 0.15) is 24.9 Å². The minimum absolute atomic E-state index is 0.0841. The number of allylic oxidation sites excluding steroid dienone is 1. The van der Waals surface area contributed by atoms with Gasteiger partial charge in [0.05, 0.1) is 22.2 Å². The van der Waals surface area contributed by atoms with E-state index in [9.17, 15) is 29.6 Å². The lowest BCUT2D eigenvalue weighted by molar-refractivity contribution is -0.384. The van der Waals surface area contributed by atoms with Crippen LogP contribution in [0.2, 0.25) is 0 Å². The second-order valence-corrected chi connectivity index (χ2v) is 7.93. The number of benzene rings is 2. The van der Waals surface area contributed by atoms with Gasteiger partial charge in [0.2, 0.25) is 0 Å². The molecule has 0 radical (unpaired) electrons. The molecule has 35 heavy (non-hydrogen) atoms. The van der Waals surface area contributed by atoms with Crippen LogP contribution in [0, 0.1) is 10.1 Å². The number of nitrogens with zero attached hydrogens (tertiary/aromatic N) is 5.